The molecular weight excluding hydrogens is 214 g/mol. The van der Waals surface area contributed by atoms with E-state index in [4.69, 9.17) is 0 Å². The lowest BCUT2D eigenvalue weighted by Gasteiger charge is -2.04. The van der Waals surface area contributed by atoms with Gasteiger partial charge in [0, 0.05) is 11.4 Å². The molecular formula is C14H17NS. The van der Waals surface area contributed by atoms with E-state index >= 15 is 0 Å². The molecule has 1 aromatic heterocycles. The van der Waals surface area contributed by atoms with Crippen LogP contribution in [0.15, 0.2) is 41.8 Å². The van der Waals surface area contributed by atoms with Gasteiger partial charge in [-0.05, 0) is 36.9 Å². The smallest absolute Gasteiger partial charge is 0.0299 e. The molecule has 2 rings (SSSR count). The van der Waals surface area contributed by atoms with Gasteiger partial charge in [-0.25, -0.2) is 0 Å². The lowest BCUT2D eigenvalue weighted by molar-refractivity contribution is 0.693. The van der Waals surface area contributed by atoms with Gasteiger partial charge in [0.1, 0.15) is 0 Å². The second-order valence-electron chi connectivity index (χ2n) is 4.00. The Labute approximate surface area is 101 Å². The molecule has 1 nitrogen and oxygen atoms in total. The van der Waals surface area contributed by atoms with E-state index in [1.165, 1.54) is 16.0 Å². The third-order valence-electron chi connectivity index (χ3n) is 2.55. The molecule has 2 heteroatoms. The fourth-order valence-corrected chi connectivity index (χ4v) is 2.40. The number of hydrogen-bond donors (Lipinski definition) is 1. The molecule has 0 bridgehead atoms. The first kappa shape index (κ1) is 11.4. The predicted octanol–water partition coefficient (Wildman–Crippen LogP) is 3.39. The molecule has 1 N–H and O–H groups in total. The molecule has 0 saturated heterocycles. The Kier molecular flexibility index (Phi) is 4.14. The molecule has 0 radical (unpaired) electrons. The predicted molar refractivity (Wildman–Crippen MR) is 70.9 cm³/mol. The summed E-state index contributed by atoms with van der Waals surface area (Å²) in [6.45, 7) is 4.17. The first-order valence-corrected chi connectivity index (χ1v) is 6.51. The molecule has 0 amide bonds. The number of aryl methyl sites for hydroxylation is 1. The summed E-state index contributed by atoms with van der Waals surface area (Å²) >= 11 is 1.81. The fourth-order valence-electron chi connectivity index (χ4n) is 1.73. The topological polar surface area (TPSA) is 12.0 Å². The van der Waals surface area contributed by atoms with Gasteiger partial charge in [0.05, 0.1) is 0 Å². The zero-order chi connectivity index (χ0) is 11.2. The molecule has 1 aromatic carbocycles. The Morgan fingerprint density at radius 1 is 1.19 bits per heavy atom. The standard InChI is InChI=1S/C14H17NS/c1-12-4-2-5-13(10-12)7-8-15-11-14-6-3-9-16-14/h2-6,9-10,15H,7-8,11H2,1H3. The average Bonchev–Trinajstić information content (AvgIpc) is 2.77. The summed E-state index contributed by atoms with van der Waals surface area (Å²) in [5.41, 5.74) is 2.76. The maximum atomic E-state index is 3.47. The summed E-state index contributed by atoms with van der Waals surface area (Å²) in [5.74, 6) is 0. The third kappa shape index (κ3) is 3.47. The van der Waals surface area contributed by atoms with E-state index < -0.39 is 0 Å². The van der Waals surface area contributed by atoms with Gasteiger partial charge in [0.15, 0.2) is 0 Å². The number of benzene rings is 1. The first-order valence-electron chi connectivity index (χ1n) is 5.63. The molecule has 0 saturated carbocycles. The normalized spacial score (nSPS) is 10.6. The van der Waals surface area contributed by atoms with Crippen molar-refractivity contribution in [1.82, 2.24) is 5.32 Å². The Balaban J connectivity index is 1.72. The van der Waals surface area contributed by atoms with Gasteiger partial charge in [-0.15, -0.1) is 11.3 Å². The Bertz CT molecular complexity index is 420. The molecule has 0 aliphatic heterocycles. The highest BCUT2D eigenvalue weighted by Gasteiger charge is 1.95. The van der Waals surface area contributed by atoms with Crippen molar-refractivity contribution < 1.29 is 0 Å². The maximum Gasteiger partial charge on any atom is 0.0299 e. The van der Waals surface area contributed by atoms with Crippen LogP contribution in [0.5, 0.6) is 0 Å². The van der Waals surface area contributed by atoms with E-state index in [0.29, 0.717) is 0 Å². The highest BCUT2D eigenvalue weighted by molar-refractivity contribution is 7.09. The van der Waals surface area contributed by atoms with E-state index in [0.717, 1.165) is 19.5 Å². The highest BCUT2D eigenvalue weighted by atomic mass is 32.1. The van der Waals surface area contributed by atoms with E-state index in [9.17, 15) is 0 Å². The Morgan fingerprint density at radius 2 is 2.12 bits per heavy atom. The van der Waals surface area contributed by atoms with Crippen LogP contribution in [-0.2, 0) is 13.0 Å². The number of rotatable bonds is 5. The van der Waals surface area contributed by atoms with E-state index in [1.807, 2.05) is 11.3 Å². The number of thiophene rings is 1. The van der Waals surface area contributed by atoms with Gasteiger partial charge in [-0.1, -0.05) is 35.9 Å². The second kappa shape index (κ2) is 5.83. The van der Waals surface area contributed by atoms with Gasteiger partial charge in [0.25, 0.3) is 0 Å². The summed E-state index contributed by atoms with van der Waals surface area (Å²) in [6, 6.07) is 13.0. The number of nitrogens with one attached hydrogen (secondary N) is 1. The molecule has 0 unspecified atom stereocenters. The lowest BCUT2D eigenvalue weighted by atomic mass is 10.1. The minimum absolute atomic E-state index is 0.990. The largest absolute Gasteiger partial charge is 0.312 e. The van der Waals surface area contributed by atoms with Crippen molar-refractivity contribution in [3.8, 4) is 0 Å². The molecule has 84 valence electrons. The van der Waals surface area contributed by atoms with Crippen LogP contribution in [0.3, 0.4) is 0 Å². The molecule has 0 aliphatic carbocycles. The molecule has 1 heterocycles. The lowest BCUT2D eigenvalue weighted by Crippen LogP contribution is -2.15. The molecule has 0 aliphatic rings. The van der Waals surface area contributed by atoms with E-state index in [2.05, 4.69) is 54.0 Å². The Morgan fingerprint density at radius 3 is 2.88 bits per heavy atom. The van der Waals surface area contributed by atoms with Gasteiger partial charge in [-0.2, -0.15) is 0 Å². The van der Waals surface area contributed by atoms with Crippen molar-refractivity contribution in [1.29, 1.82) is 0 Å². The van der Waals surface area contributed by atoms with Crippen molar-refractivity contribution in [2.24, 2.45) is 0 Å². The summed E-state index contributed by atoms with van der Waals surface area (Å²) < 4.78 is 0. The first-order chi connectivity index (χ1) is 7.84. The SMILES string of the molecule is Cc1cccc(CCNCc2cccs2)c1. The van der Waals surface area contributed by atoms with Gasteiger partial charge in [0.2, 0.25) is 0 Å². The van der Waals surface area contributed by atoms with Crippen LogP contribution in [0.1, 0.15) is 16.0 Å². The molecule has 16 heavy (non-hydrogen) atoms. The van der Waals surface area contributed by atoms with Crippen LogP contribution >= 0.6 is 11.3 Å². The van der Waals surface area contributed by atoms with Crippen molar-refractivity contribution in [2.45, 2.75) is 19.9 Å². The van der Waals surface area contributed by atoms with Crippen molar-refractivity contribution in [3.05, 3.63) is 57.8 Å². The zero-order valence-electron chi connectivity index (χ0n) is 9.57. The minimum Gasteiger partial charge on any atom is -0.312 e. The second-order valence-corrected chi connectivity index (χ2v) is 5.03. The van der Waals surface area contributed by atoms with Gasteiger partial charge in [-0.3, -0.25) is 0 Å². The zero-order valence-corrected chi connectivity index (χ0v) is 10.4. The summed E-state index contributed by atoms with van der Waals surface area (Å²) in [4.78, 5) is 1.41. The van der Waals surface area contributed by atoms with Crippen molar-refractivity contribution in [2.75, 3.05) is 6.54 Å². The van der Waals surface area contributed by atoms with Gasteiger partial charge < -0.3 is 5.32 Å². The monoisotopic (exact) mass is 231 g/mol. The molecule has 2 aromatic rings. The Hall–Kier alpha value is -1.12. The summed E-state index contributed by atoms with van der Waals surface area (Å²) in [5, 5.41) is 5.59. The van der Waals surface area contributed by atoms with Crippen LogP contribution in [0.4, 0.5) is 0 Å². The quantitative estimate of drug-likeness (QED) is 0.778. The minimum atomic E-state index is 0.990. The maximum absolute atomic E-state index is 3.47. The molecule has 0 fully saturated rings. The van der Waals surface area contributed by atoms with Gasteiger partial charge >= 0.3 is 0 Å². The van der Waals surface area contributed by atoms with Crippen LogP contribution in [-0.4, -0.2) is 6.54 Å². The van der Waals surface area contributed by atoms with Crippen LogP contribution in [0.2, 0.25) is 0 Å². The van der Waals surface area contributed by atoms with Crippen LogP contribution in [0.25, 0.3) is 0 Å². The van der Waals surface area contributed by atoms with Crippen molar-refractivity contribution in [3.63, 3.8) is 0 Å². The van der Waals surface area contributed by atoms with Crippen molar-refractivity contribution >= 4 is 11.3 Å². The highest BCUT2D eigenvalue weighted by Crippen LogP contribution is 2.08. The molecule has 0 spiro atoms. The number of hydrogen-bond acceptors (Lipinski definition) is 2. The molecule has 0 atom stereocenters. The fraction of sp³-hybridized carbons (Fsp3) is 0.286. The average molecular weight is 231 g/mol. The van der Waals surface area contributed by atoms with E-state index in [-0.39, 0.29) is 0 Å². The van der Waals surface area contributed by atoms with Crippen LogP contribution < -0.4 is 5.32 Å². The van der Waals surface area contributed by atoms with E-state index in [1.54, 1.807) is 0 Å². The van der Waals surface area contributed by atoms with Crippen LogP contribution in [0, 0.1) is 6.92 Å². The summed E-state index contributed by atoms with van der Waals surface area (Å²) in [7, 11) is 0. The summed E-state index contributed by atoms with van der Waals surface area (Å²) in [6.07, 6.45) is 1.10. The third-order valence-corrected chi connectivity index (χ3v) is 3.43.